The molecule has 0 heterocycles. The van der Waals surface area contributed by atoms with Gasteiger partial charge in [0.05, 0.1) is 5.75 Å². The Kier molecular flexibility index (Phi) is 8.51. The van der Waals surface area contributed by atoms with Crippen LogP contribution in [0.25, 0.3) is 0 Å². The molecule has 0 saturated carbocycles. The SMILES string of the molecule is CCC(C)NC(=O)C(C)N(Cc1ccc(F)cc1)C(=O)CSc1ccccc1. The highest BCUT2D eigenvalue weighted by molar-refractivity contribution is 8.00. The van der Waals surface area contributed by atoms with Gasteiger partial charge in [0.2, 0.25) is 11.8 Å². The number of thioether (sulfide) groups is 1. The number of hydrogen-bond acceptors (Lipinski definition) is 3. The van der Waals surface area contributed by atoms with Crippen LogP contribution in [0.3, 0.4) is 0 Å². The molecule has 0 aromatic heterocycles. The summed E-state index contributed by atoms with van der Waals surface area (Å²) in [5.41, 5.74) is 0.780. The van der Waals surface area contributed by atoms with E-state index in [1.807, 2.05) is 44.2 Å². The molecule has 0 radical (unpaired) electrons. The van der Waals surface area contributed by atoms with Crippen LogP contribution >= 0.6 is 11.8 Å². The Balaban J connectivity index is 2.12. The zero-order valence-corrected chi connectivity index (χ0v) is 17.3. The Morgan fingerprint density at radius 3 is 2.32 bits per heavy atom. The van der Waals surface area contributed by atoms with Gasteiger partial charge >= 0.3 is 0 Å². The van der Waals surface area contributed by atoms with Gasteiger partial charge in [-0.25, -0.2) is 4.39 Å². The van der Waals surface area contributed by atoms with E-state index in [1.165, 1.54) is 23.9 Å². The van der Waals surface area contributed by atoms with Crippen molar-refractivity contribution in [2.45, 2.75) is 50.7 Å². The third-order valence-corrected chi connectivity index (χ3v) is 5.54. The van der Waals surface area contributed by atoms with Crippen LogP contribution in [0.1, 0.15) is 32.8 Å². The van der Waals surface area contributed by atoms with E-state index >= 15 is 0 Å². The van der Waals surface area contributed by atoms with E-state index < -0.39 is 6.04 Å². The van der Waals surface area contributed by atoms with Crippen molar-refractivity contribution >= 4 is 23.6 Å². The maximum Gasteiger partial charge on any atom is 0.242 e. The second kappa shape index (κ2) is 10.9. The number of carbonyl (C=O) groups excluding carboxylic acids is 2. The number of nitrogens with zero attached hydrogens (tertiary/aromatic N) is 1. The van der Waals surface area contributed by atoms with Gasteiger partial charge in [-0.2, -0.15) is 0 Å². The molecular weight excluding hydrogens is 375 g/mol. The first-order valence-electron chi connectivity index (χ1n) is 9.42. The number of halogens is 1. The minimum atomic E-state index is -0.622. The van der Waals surface area contributed by atoms with Crippen LogP contribution in [-0.2, 0) is 16.1 Å². The molecule has 1 N–H and O–H groups in total. The Morgan fingerprint density at radius 1 is 1.07 bits per heavy atom. The first-order valence-corrected chi connectivity index (χ1v) is 10.4. The molecule has 150 valence electrons. The number of hydrogen-bond donors (Lipinski definition) is 1. The summed E-state index contributed by atoms with van der Waals surface area (Å²) in [6.45, 7) is 5.91. The lowest BCUT2D eigenvalue weighted by molar-refractivity contribution is -0.138. The first kappa shape index (κ1) is 22.0. The van der Waals surface area contributed by atoms with Crippen molar-refractivity contribution in [2.24, 2.45) is 0 Å². The molecule has 2 unspecified atom stereocenters. The summed E-state index contributed by atoms with van der Waals surface area (Å²) in [6.07, 6.45) is 0.814. The molecule has 0 fully saturated rings. The summed E-state index contributed by atoms with van der Waals surface area (Å²) in [4.78, 5) is 28.1. The molecule has 2 aromatic carbocycles. The monoisotopic (exact) mass is 402 g/mol. The molecule has 0 spiro atoms. The number of nitrogens with one attached hydrogen (secondary N) is 1. The fraction of sp³-hybridized carbons (Fsp3) is 0.364. The smallest absolute Gasteiger partial charge is 0.242 e. The second-order valence-electron chi connectivity index (χ2n) is 6.74. The highest BCUT2D eigenvalue weighted by Gasteiger charge is 2.26. The molecular formula is C22H27FN2O2S. The minimum Gasteiger partial charge on any atom is -0.352 e. The third kappa shape index (κ3) is 6.68. The zero-order chi connectivity index (χ0) is 20.5. The summed E-state index contributed by atoms with van der Waals surface area (Å²) < 4.78 is 13.2. The maximum absolute atomic E-state index is 13.2. The summed E-state index contributed by atoms with van der Waals surface area (Å²) >= 11 is 1.43. The average molecular weight is 403 g/mol. The standard InChI is InChI=1S/C22H27FN2O2S/c1-4-16(2)24-22(27)17(3)25(14-18-10-12-19(23)13-11-18)21(26)15-28-20-8-6-5-7-9-20/h5-13,16-17H,4,14-15H2,1-3H3,(H,24,27). The molecule has 2 aromatic rings. The molecule has 2 amide bonds. The molecule has 6 heteroatoms. The lowest BCUT2D eigenvalue weighted by Gasteiger charge is -2.29. The van der Waals surface area contributed by atoms with Crippen LogP contribution in [0, 0.1) is 5.82 Å². The first-order chi connectivity index (χ1) is 13.4. The van der Waals surface area contributed by atoms with E-state index in [-0.39, 0.29) is 36.0 Å². The van der Waals surface area contributed by atoms with Crippen molar-refractivity contribution in [1.82, 2.24) is 10.2 Å². The number of amides is 2. The van der Waals surface area contributed by atoms with E-state index in [1.54, 1.807) is 24.0 Å². The molecule has 0 aliphatic heterocycles. The summed E-state index contributed by atoms with van der Waals surface area (Å²) in [7, 11) is 0. The van der Waals surface area contributed by atoms with E-state index in [0.29, 0.717) is 0 Å². The van der Waals surface area contributed by atoms with Gasteiger partial charge in [0.15, 0.2) is 0 Å². The minimum absolute atomic E-state index is 0.0383. The molecule has 0 saturated heterocycles. The number of carbonyl (C=O) groups is 2. The third-order valence-electron chi connectivity index (χ3n) is 4.54. The van der Waals surface area contributed by atoms with Crippen LogP contribution in [0.5, 0.6) is 0 Å². The summed E-state index contributed by atoms with van der Waals surface area (Å²) in [5, 5.41) is 2.93. The molecule has 0 bridgehead atoms. The summed E-state index contributed by atoms with van der Waals surface area (Å²) in [6, 6.07) is 15.1. The van der Waals surface area contributed by atoms with Crippen LogP contribution in [0.4, 0.5) is 4.39 Å². The quantitative estimate of drug-likeness (QED) is 0.638. The van der Waals surface area contributed by atoms with Gasteiger partial charge in [-0.1, -0.05) is 37.3 Å². The predicted molar refractivity (Wildman–Crippen MR) is 111 cm³/mol. The van der Waals surface area contributed by atoms with Crippen molar-refractivity contribution in [3.63, 3.8) is 0 Å². The lowest BCUT2D eigenvalue weighted by atomic mass is 10.1. The molecule has 28 heavy (non-hydrogen) atoms. The maximum atomic E-state index is 13.2. The van der Waals surface area contributed by atoms with Gasteiger partial charge in [-0.3, -0.25) is 9.59 Å². The molecule has 2 rings (SSSR count). The number of benzene rings is 2. The van der Waals surface area contributed by atoms with Gasteiger partial charge in [0, 0.05) is 17.5 Å². The average Bonchev–Trinajstić information content (AvgIpc) is 2.71. The summed E-state index contributed by atoms with van der Waals surface area (Å²) in [5.74, 6) is -0.421. The van der Waals surface area contributed by atoms with Gasteiger partial charge < -0.3 is 10.2 Å². The van der Waals surface area contributed by atoms with Crippen molar-refractivity contribution in [2.75, 3.05) is 5.75 Å². The largest absolute Gasteiger partial charge is 0.352 e. The van der Waals surface area contributed by atoms with Crippen molar-refractivity contribution in [3.8, 4) is 0 Å². The van der Waals surface area contributed by atoms with Crippen molar-refractivity contribution in [1.29, 1.82) is 0 Å². The second-order valence-corrected chi connectivity index (χ2v) is 7.79. The highest BCUT2D eigenvalue weighted by atomic mass is 32.2. The van der Waals surface area contributed by atoms with Crippen LogP contribution in [0.2, 0.25) is 0 Å². The Bertz CT molecular complexity index is 768. The van der Waals surface area contributed by atoms with Gasteiger partial charge in [-0.05, 0) is 50.1 Å². The highest BCUT2D eigenvalue weighted by Crippen LogP contribution is 2.19. The van der Waals surface area contributed by atoms with E-state index in [0.717, 1.165) is 16.9 Å². The predicted octanol–water partition coefficient (Wildman–Crippen LogP) is 4.25. The van der Waals surface area contributed by atoms with Crippen molar-refractivity contribution in [3.05, 3.63) is 66.0 Å². The lowest BCUT2D eigenvalue weighted by Crippen LogP contribution is -2.50. The van der Waals surface area contributed by atoms with Gasteiger partial charge in [0.1, 0.15) is 11.9 Å². The van der Waals surface area contributed by atoms with Crippen LogP contribution in [0.15, 0.2) is 59.5 Å². The van der Waals surface area contributed by atoms with E-state index in [4.69, 9.17) is 0 Å². The topological polar surface area (TPSA) is 49.4 Å². The van der Waals surface area contributed by atoms with Crippen molar-refractivity contribution < 1.29 is 14.0 Å². The molecule has 0 aliphatic carbocycles. The fourth-order valence-electron chi connectivity index (χ4n) is 2.58. The molecule has 4 nitrogen and oxygen atoms in total. The molecule has 0 aliphatic rings. The van der Waals surface area contributed by atoms with Crippen LogP contribution in [-0.4, -0.2) is 34.6 Å². The fourth-order valence-corrected chi connectivity index (χ4v) is 3.38. The Morgan fingerprint density at radius 2 is 1.71 bits per heavy atom. The van der Waals surface area contributed by atoms with Crippen LogP contribution < -0.4 is 5.32 Å². The van der Waals surface area contributed by atoms with E-state index in [9.17, 15) is 14.0 Å². The van der Waals surface area contributed by atoms with Gasteiger partial charge in [-0.15, -0.1) is 11.8 Å². The molecule has 2 atom stereocenters. The normalized spacial score (nSPS) is 12.9. The zero-order valence-electron chi connectivity index (χ0n) is 16.5. The Hall–Kier alpha value is -2.34. The van der Waals surface area contributed by atoms with Gasteiger partial charge in [0.25, 0.3) is 0 Å². The Labute approximate surface area is 170 Å². The number of rotatable bonds is 9. The van der Waals surface area contributed by atoms with E-state index in [2.05, 4.69) is 5.32 Å².